The molecule has 1 atom stereocenters. The van der Waals surface area contributed by atoms with E-state index < -0.39 is 23.8 Å². The lowest BCUT2D eigenvalue weighted by molar-refractivity contribution is -0.142. The van der Waals surface area contributed by atoms with E-state index in [9.17, 15) is 24.3 Å². The zero-order chi connectivity index (χ0) is 27.7. The van der Waals surface area contributed by atoms with E-state index in [1.54, 1.807) is 29.2 Å². The van der Waals surface area contributed by atoms with Gasteiger partial charge in [-0.05, 0) is 42.4 Å². The molecule has 0 saturated carbocycles. The predicted octanol–water partition coefficient (Wildman–Crippen LogP) is 3.90. The highest BCUT2D eigenvalue weighted by Gasteiger charge is 2.30. The van der Waals surface area contributed by atoms with Gasteiger partial charge in [0.2, 0.25) is 17.7 Å². The molecule has 1 fully saturated rings. The maximum atomic E-state index is 12.7. The molecule has 1 aliphatic rings. The Morgan fingerprint density at radius 2 is 1.76 bits per heavy atom. The number of carbonyl (C=O) groups is 4. The molecular weight excluding hydrogens is 549 g/mol. The van der Waals surface area contributed by atoms with Gasteiger partial charge in [-0.3, -0.25) is 14.4 Å². The van der Waals surface area contributed by atoms with Crippen LogP contribution in [0.5, 0.6) is 0 Å². The van der Waals surface area contributed by atoms with E-state index in [2.05, 4.69) is 10.6 Å². The molecule has 2 aromatic carbocycles. The van der Waals surface area contributed by atoms with Crippen LogP contribution in [0.4, 0.5) is 0 Å². The molecule has 2 aromatic rings. The molecule has 0 spiro atoms. The van der Waals surface area contributed by atoms with Crippen molar-refractivity contribution in [2.24, 2.45) is 5.92 Å². The van der Waals surface area contributed by atoms with E-state index in [1.807, 2.05) is 30.5 Å². The van der Waals surface area contributed by atoms with Gasteiger partial charge in [-0.2, -0.15) is 0 Å². The van der Waals surface area contributed by atoms with Crippen molar-refractivity contribution in [2.45, 2.75) is 30.2 Å². The number of aliphatic carboxylic acids is 1. The van der Waals surface area contributed by atoms with Gasteiger partial charge in [-0.1, -0.05) is 59.6 Å². The number of halogens is 2. The van der Waals surface area contributed by atoms with E-state index in [0.29, 0.717) is 41.5 Å². The van der Waals surface area contributed by atoms with Crippen LogP contribution >= 0.6 is 35.0 Å². The van der Waals surface area contributed by atoms with Crippen molar-refractivity contribution in [1.82, 2.24) is 15.5 Å². The molecule has 0 aliphatic carbocycles. The SMILES string of the molecule is CSc1ccc(C=CC(=O)N2CCC(C(=O)N[C@@H](CNC(=O)Cc3ccccc3)C(=O)O)CC2)c(Cl)c1Cl. The monoisotopic (exact) mass is 577 g/mol. The standard InChI is InChI=1S/C27H29Cl2N3O5S/c1-38-21-9-7-18(24(28)25(21)29)8-10-23(34)32-13-11-19(12-14-32)26(35)31-20(27(36)37)16-30-22(33)15-17-5-3-2-4-6-17/h2-10,19-20H,11-16H2,1H3,(H,30,33)(H,31,35)(H,36,37)/t20-/m0/s1. The number of amides is 3. The van der Waals surface area contributed by atoms with E-state index in [1.165, 1.54) is 17.8 Å². The van der Waals surface area contributed by atoms with Crippen molar-refractivity contribution < 1.29 is 24.3 Å². The summed E-state index contributed by atoms with van der Waals surface area (Å²) in [6.45, 7) is 0.485. The highest BCUT2D eigenvalue weighted by atomic mass is 35.5. The summed E-state index contributed by atoms with van der Waals surface area (Å²) >= 11 is 14.0. The summed E-state index contributed by atoms with van der Waals surface area (Å²) in [5, 5.41) is 15.4. The van der Waals surface area contributed by atoms with Gasteiger partial charge in [0, 0.05) is 36.5 Å². The second kappa shape index (κ2) is 14.2. The second-order valence-electron chi connectivity index (χ2n) is 8.78. The summed E-state index contributed by atoms with van der Waals surface area (Å²) in [6, 6.07) is 11.5. The third kappa shape index (κ3) is 8.24. The van der Waals surface area contributed by atoms with Crippen LogP contribution < -0.4 is 10.6 Å². The smallest absolute Gasteiger partial charge is 0.328 e. The van der Waals surface area contributed by atoms with Gasteiger partial charge >= 0.3 is 5.97 Å². The van der Waals surface area contributed by atoms with Crippen LogP contribution in [0.25, 0.3) is 6.08 Å². The van der Waals surface area contributed by atoms with Gasteiger partial charge in [0.25, 0.3) is 0 Å². The maximum Gasteiger partial charge on any atom is 0.328 e. The van der Waals surface area contributed by atoms with Gasteiger partial charge in [-0.15, -0.1) is 11.8 Å². The zero-order valence-corrected chi connectivity index (χ0v) is 23.1. The number of carboxylic acid groups (broad SMARTS) is 1. The molecule has 1 aliphatic heterocycles. The molecule has 202 valence electrons. The largest absolute Gasteiger partial charge is 0.480 e. The van der Waals surface area contributed by atoms with Crippen molar-refractivity contribution in [2.75, 3.05) is 25.9 Å². The van der Waals surface area contributed by atoms with Crippen LogP contribution in [0, 0.1) is 5.92 Å². The molecule has 38 heavy (non-hydrogen) atoms. The van der Waals surface area contributed by atoms with Crippen molar-refractivity contribution in [3.8, 4) is 0 Å². The molecule has 0 radical (unpaired) electrons. The number of hydrogen-bond donors (Lipinski definition) is 3. The lowest BCUT2D eigenvalue weighted by Gasteiger charge is -2.31. The van der Waals surface area contributed by atoms with Crippen LogP contribution in [0.1, 0.15) is 24.0 Å². The van der Waals surface area contributed by atoms with Crippen LogP contribution in [0.15, 0.2) is 53.4 Å². The van der Waals surface area contributed by atoms with Gasteiger partial charge in [0.15, 0.2) is 0 Å². The number of nitrogens with one attached hydrogen (secondary N) is 2. The number of hydrogen-bond acceptors (Lipinski definition) is 5. The Morgan fingerprint density at radius 3 is 2.39 bits per heavy atom. The minimum absolute atomic E-state index is 0.115. The number of carboxylic acids is 1. The van der Waals surface area contributed by atoms with Gasteiger partial charge in [0.05, 0.1) is 16.5 Å². The number of piperidine rings is 1. The van der Waals surface area contributed by atoms with Crippen molar-refractivity contribution in [1.29, 1.82) is 0 Å². The Hall–Kier alpha value is -3.01. The van der Waals surface area contributed by atoms with Gasteiger partial charge < -0.3 is 20.6 Å². The van der Waals surface area contributed by atoms with Crippen molar-refractivity contribution in [3.05, 3.63) is 69.7 Å². The third-order valence-corrected chi connectivity index (χ3v) is 7.99. The molecule has 11 heteroatoms. The number of rotatable bonds is 10. The fourth-order valence-electron chi connectivity index (χ4n) is 4.01. The number of likely N-dealkylation sites (tertiary alicyclic amines) is 1. The number of nitrogens with zero attached hydrogens (tertiary/aromatic N) is 1. The average Bonchev–Trinajstić information content (AvgIpc) is 2.92. The first kappa shape index (κ1) is 29.5. The average molecular weight is 579 g/mol. The Bertz CT molecular complexity index is 1200. The Balaban J connectivity index is 1.47. The molecule has 8 nitrogen and oxygen atoms in total. The Morgan fingerprint density at radius 1 is 1.08 bits per heavy atom. The van der Waals surface area contributed by atoms with Crippen molar-refractivity contribution >= 4 is 64.7 Å². The summed E-state index contributed by atoms with van der Waals surface area (Å²) in [4.78, 5) is 51.7. The lowest BCUT2D eigenvalue weighted by atomic mass is 9.95. The Kier molecular flexibility index (Phi) is 11.1. The fourth-order valence-corrected chi connectivity index (χ4v) is 5.18. The van der Waals surface area contributed by atoms with Crippen LogP contribution in [-0.4, -0.2) is 65.6 Å². The fraction of sp³-hybridized carbons (Fsp3) is 0.333. The van der Waals surface area contributed by atoms with E-state index in [0.717, 1.165) is 10.5 Å². The van der Waals surface area contributed by atoms with Gasteiger partial charge in [-0.25, -0.2) is 4.79 Å². The molecule has 0 aromatic heterocycles. The van der Waals surface area contributed by atoms with E-state index in [4.69, 9.17) is 23.2 Å². The molecule has 0 unspecified atom stereocenters. The number of carbonyl (C=O) groups excluding carboxylic acids is 3. The maximum absolute atomic E-state index is 12.7. The van der Waals surface area contributed by atoms with E-state index in [-0.39, 0.29) is 24.8 Å². The number of thioether (sulfide) groups is 1. The summed E-state index contributed by atoms with van der Waals surface area (Å²) < 4.78 is 0. The Labute approximate surface area is 235 Å². The molecule has 3 amide bonds. The zero-order valence-electron chi connectivity index (χ0n) is 20.8. The highest BCUT2D eigenvalue weighted by molar-refractivity contribution is 7.98. The van der Waals surface area contributed by atoms with Crippen LogP contribution in [-0.2, 0) is 25.6 Å². The third-order valence-electron chi connectivity index (χ3n) is 6.20. The van der Waals surface area contributed by atoms with Crippen LogP contribution in [0.2, 0.25) is 10.0 Å². The minimum Gasteiger partial charge on any atom is -0.480 e. The first-order valence-electron chi connectivity index (χ1n) is 12.0. The molecule has 1 heterocycles. The summed E-state index contributed by atoms with van der Waals surface area (Å²) in [5.74, 6) is -2.62. The quantitative estimate of drug-likeness (QED) is 0.291. The number of benzene rings is 2. The summed E-state index contributed by atoms with van der Waals surface area (Å²) in [6.07, 6.45) is 5.84. The summed E-state index contributed by atoms with van der Waals surface area (Å²) in [5.41, 5.74) is 1.44. The molecule has 1 saturated heterocycles. The first-order valence-corrected chi connectivity index (χ1v) is 14.0. The second-order valence-corrected chi connectivity index (χ2v) is 10.4. The highest BCUT2D eigenvalue weighted by Crippen LogP contribution is 2.35. The van der Waals surface area contributed by atoms with E-state index >= 15 is 0 Å². The lowest BCUT2D eigenvalue weighted by Crippen LogP contribution is -2.51. The summed E-state index contributed by atoms with van der Waals surface area (Å²) in [7, 11) is 0. The first-order chi connectivity index (χ1) is 18.2. The topological polar surface area (TPSA) is 116 Å². The molecule has 3 rings (SSSR count). The normalized spacial score (nSPS) is 14.8. The molecular formula is C27H29Cl2N3O5S. The molecule has 0 bridgehead atoms. The molecule has 3 N–H and O–H groups in total. The predicted molar refractivity (Wildman–Crippen MR) is 149 cm³/mol. The van der Waals surface area contributed by atoms with Crippen LogP contribution in [0.3, 0.4) is 0 Å². The minimum atomic E-state index is -1.25. The van der Waals surface area contributed by atoms with Crippen molar-refractivity contribution in [3.63, 3.8) is 0 Å². The van der Waals surface area contributed by atoms with Gasteiger partial charge in [0.1, 0.15) is 6.04 Å².